The first-order chi connectivity index (χ1) is 12.9. The molecule has 1 saturated heterocycles. The van der Waals surface area contributed by atoms with Gasteiger partial charge in [-0.15, -0.1) is 0 Å². The van der Waals surface area contributed by atoms with Gasteiger partial charge < -0.3 is 14.8 Å². The smallest absolute Gasteiger partial charge is 0.250 e. The van der Waals surface area contributed by atoms with Crippen molar-refractivity contribution in [1.82, 2.24) is 9.88 Å². The Morgan fingerprint density at radius 3 is 2.96 bits per heavy atom. The van der Waals surface area contributed by atoms with Crippen LogP contribution in [0.25, 0.3) is 0 Å². The fraction of sp³-hybridized carbons (Fsp3) is 0.400. The average Bonchev–Trinajstić information content (AvgIpc) is 2.64. The number of hydrogen-bond donors (Lipinski definition) is 1. The lowest BCUT2D eigenvalue weighted by atomic mass is 10.0. The van der Waals surface area contributed by atoms with Crippen LogP contribution in [0, 0.1) is 12.7 Å². The lowest BCUT2D eigenvalue weighted by molar-refractivity contribution is -0.122. The predicted octanol–water partition coefficient (Wildman–Crippen LogP) is 3.23. The van der Waals surface area contributed by atoms with E-state index in [-0.39, 0.29) is 29.7 Å². The first kappa shape index (κ1) is 19.6. The van der Waals surface area contributed by atoms with E-state index in [2.05, 4.69) is 21.2 Å². The normalized spacial score (nSPS) is 17.0. The lowest BCUT2D eigenvalue weighted by Gasteiger charge is -2.35. The second-order valence-electron chi connectivity index (χ2n) is 6.94. The summed E-state index contributed by atoms with van der Waals surface area (Å²) in [6.07, 6.45) is 3.67. The summed E-state index contributed by atoms with van der Waals surface area (Å²) in [7, 11) is 0. The van der Waals surface area contributed by atoms with Crippen molar-refractivity contribution < 1.29 is 9.18 Å². The number of pyridine rings is 1. The maximum absolute atomic E-state index is 14.2. The van der Waals surface area contributed by atoms with Gasteiger partial charge in [-0.1, -0.05) is 6.07 Å². The van der Waals surface area contributed by atoms with Crippen LogP contribution in [-0.4, -0.2) is 29.6 Å². The van der Waals surface area contributed by atoms with Crippen molar-refractivity contribution >= 4 is 27.5 Å². The molecule has 7 heteroatoms. The van der Waals surface area contributed by atoms with Crippen LogP contribution in [0.5, 0.6) is 0 Å². The van der Waals surface area contributed by atoms with Gasteiger partial charge >= 0.3 is 0 Å². The standard InChI is InChI=1S/C20H23BrFN3O2/c1-14-4-6-17(22)18(11-14)24-9-2-3-16(13-24)23-19(26)8-10-25-12-15(21)5-7-20(25)27/h4-7,11-12,16H,2-3,8-10,13H2,1H3,(H,23,26). The number of anilines is 1. The highest BCUT2D eigenvalue weighted by Crippen LogP contribution is 2.24. The fourth-order valence-corrected chi connectivity index (χ4v) is 3.76. The highest BCUT2D eigenvalue weighted by atomic mass is 79.9. The van der Waals surface area contributed by atoms with Gasteiger partial charge in [-0.3, -0.25) is 9.59 Å². The van der Waals surface area contributed by atoms with Crippen molar-refractivity contribution in [2.75, 3.05) is 18.0 Å². The van der Waals surface area contributed by atoms with E-state index in [9.17, 15) is 14.0 Å². The van der Waals surface area contributed by atoms with Gasteiger partial charge in [0.25, 0.3) is 5.56 Å². The molecule has 2 heterocycles. The molecule has 27 heavy (non-hydrogen) atoms. The number of halogens is 2. The first-order valence-electron chi connectivity index (χ1n) is 9.09. The van der Waals surface area contributed by atoms with Crippen molar-refractivity contribution in [2.45, 2.75) is 38.8 Å². The number of rotatable bonds is 5. The number of aromatic nitrogens is 1. The molecule has 3 rings (SSSR count). The molecular formula is C20H23BrFN3O2. The monoisotopic (exact) mass is 435 g/mol. The zero-order valence-electron chi connectivity index (χ0n) is 15.3. The quantitative estimate of drug-likeness (QED) is 0.783. The molecule has 1 aliphatic rings. The van der Waals surface area contributed by atoms with E-state index >= 15 is 0 Å². The maximum Gasteiger partial charge on any atom is 0.250 e. The second kappa shape index (κ2) is 8.69. The van der Waals surface area contributed by atoms with E-state index in [1.54, 1.807) is 18.3 Å². The van der Waals surface area contributed by atoms with Crippen LogP contribution in [0.15, 0.2) is 45.8 Å². The van der Waals surface area contributed by atoms with Gasteiger partial charge in [0, 0.05) is 48.8 Å². The Morgan fingerprint density at radius 2 is 2.15 bits per heavy atom. The summed E-state index contributed by atoms with van der Waals surface area (Å²) >= 11 is 3.33. The molecule has 0 saturated carbocycles. The van der Waals surface area contributed by atoms with Crippen molar-refractivity contribution in [1.29, 1.82) is 0 Å². The van der Waals surface area contributed by atoms with Gasteiger partial charge in [0.05, 0.1) is 5.69 Å². The van der Waals surface area contributed by atoms with Crippen molar-refractivity contribution in [3.05, 3.63) is 62.7 Å². The third-order valence-electron chi connectivity index (χ3n) is 4.76. The van der Waals surface area contributed by atoms with Crippen LogP contribution in [0.2, 0.25) is 0 Å². The highest BCUT2D eigenvalue weighted by molar-refractivity contribution is 9.10. The van der Waals surface area contributed by atoms with E-state index in [0.29, 0.717) is 18.8 Å². The summed E-state index contributed by atoms with van der Waals surface area (Å²) in [5.41, 5.74) is 1.47. The van der Waals surface area contributed by atoms with Crippen LogP contribution in [0.1, 0.15) is 24.8 Å². The Morgan fingerprint density at radius 1 is 1.33 bits per heavy atom. The van der Waals surface area contributed by atoms with Crippen LogP contribution < -0.4 is 15.8 Å². The minimum absolute atomic E-state index is 0.0228. The summed E-state index contributed by atoms with van der Waals surface area (Å²) in [5, 5.41) is 3.03. The zero-order valence-corrected chi connectivity index (χ0v) is 16.8. The topological polar surface area (TPSA) is 54.3 Å². The Kier molecular flexibility index (Phi) is 6.31. The number of amides is 1. The van der Waals surface area contributed by atoms with E-state index in [4.69, 9.17) is 0 Å². The van der Waals surface area contributed by atoms with Gasteiger partial charge in [0.15, 0.2) is 0 Å². The molecule has 0 spiro atoms. The molecule has 1 aromatic heterocycles. The first-order valence-corrected chi connectivity index (χ1v) is 9.88. The number of benzene rings is 1. The highest BCUT2D eigenvalue weighted by Gasteiger charge is 2.23. The largest absolute Gasteiger partial charge is 0.367 e. The van der Waals surface area contributed by atoms with E-state index in [1.165, 1.54) is 16.7 Å². The molecule has 1 amide bonds. The van der Waals surface area contributed by atoms with Crippen LogP contribution in [0.3, 0.4) is 0 Å². The van der Waals surface area contributed by atoms with Crippen LogP contribution >= 0.6 is 15.9 Å². The van der Waals surface area contributed by atoms with E-state index in [1.807, 2.05) is 17.9 Å². The molecule has 1 aromatic carbocycles. The second-order valence-corrected chi connectivity index (χ2v) is 7.85. The Hall–Kier alpha value is -2.15. The van der Waals surface area contributed by atoms with E-state index in [0.717, 1.165) is 29.4 Å². The number of nitrogens with zero attached hydrogens (tertiary/aromatic N) is 2. The minimum atomic E-state index is -0.235. The number of nitrogens with one attached hydrogen (secondary N) is 1. The van der Waals surface area contributed by atoms with Crippen LogP contribution in [-0.2, 0) is 11.3 Å². The molecule has 1 fully saturated rings. The third-order valence-corrected chi connectivity index (χ3v) is 5.23. The molecule has 1 aliphatic heterocycles. The van der Waals surface area contributed by atoms with E-state index < -0.39 is 0 Å². The number of aryl methyl sites for hydroxylation is 2. The number of carbonyl (C=O) groups excluding carboxylic acids is 1. The molecule has 1 unspecified atom stereocenters. The number of carbonyl (C=O) groups is 1. The van der Waals surface area contributed by atoms with Crippen molar-refractivity contribution in [2.24, 2.45) is 0 Å². The maximum atomic E-state index is 14.2. The third kappa shape index (κ3) is 5.19. The molecule has 1 atom stereocenters. The van der Waals surface area contributed by atoms with Crippen molar-refractivity contribution in [3.8, 4) is 0 Å². The molecule has 0 aliphatic carbocycles. The number of piperidine rings is 1. The summed E-state index contributed by atoms with van der Waals surface area (Å²) in [6.45, 7) is 3.63. The predicted molar refractivity (Wildman–Crippen MR) is 108 cm³/mol. The summed E-state index contributed by atoms with van der Waals surface area (Å²) < 4.78 is 16.5. The summed E-state index contributed by atoms with van der Waals surface area (Å²) in [6, 6.07) is 8.22. The molecule has 2 aromatic rings. The zero-order chi connectivity index (χ0) is 19.4. The Labute approximate surface area is 166 Å². The van der Waals surface area contributed by atoms with Gasteiger partial charge in [-0.25, -0.2) is 4.39 Å². The van der Waals surface area contributed by atoms with Gasteiger partial charge in [0.2, 0.25) is 5.91 Å². The minimum Gasteiger partial charge on any atom is -0.367 e. The Balaban J connectivity index is 1.57. The lowest BCUT2D eigenvalue weighted by Crippen LogP contribution is -2.48. The summed E-state index contributed by atoms with van der Waals surface area (Å²) in [4.78, 5) is 26.1. The van der Waals surface area contributed by atoms with Gasteiger partial charge in [-0.05, 0) is 59.5 Å². The average molecular weight is 436 g/mol. The molecule has 0 bridgehead atoms. The molecule has 0 radical (unpaired) electrons. The van der Waals surface area contributed by atoms with Crippen molar-refractivity contribution in [3.63, 3.8) is 0 Å². The van der Waals surface area contributed by atoms with Gasteiger partial charge in [0.1, 0.15) is 5.82 Å². The molecule has 1 N–H and O–H groups in total. The summed E-state index contributed by atoms with van der Waals surface area (Å²) in [5.74, 6) is -0.333. The fourth-order valence-electron chi connectivity index (χ4n) is 3.38. The molecule has 144 valence electrons. The Bertz CT molecular complexity index is 884. The molecule has 5 nitrogen and oxygen atoms in total. The van der Waals surface area contributed by atoms with Crippen LogP contribution in [0.4, 0.5) is 10.1 Å². The number of hydrogen-bond acceptors (Lipinski definition) is 3. The van der Waals surface area contributed by atoms with Gasteiger partial charge in [-0.2, -0.15) is 0 Å². The molecular weight excluding hydrogens is 413 g/mol. The SMILES string of the molecule is Cc1ccc(F)c(N2CCCC(NC(=O)CCn3cc(Br)ccc3=O)C2)c1.